The Bertz CT molecular complexity index is 315. The second-order valence-corrected chi connectivity index (χ2v) is 4.68. The molecule has 1 amide bonds. The molecule has 0 aromatic carbocycles. The van der Waals surface area contributed by atoms with Gasteiger partial charge in [-0.2, -0.15) is 0 Å². The van der Waals surface area contributed by atoms with Crippen LogP contribution in [-0.4, -0.2) is 29.9 Å². The Kier molecular flexibility index (Phi) is 4.57. The lowest BCUT2D eigenvalue weighted by atomic mass is 10.3. The molecule has 5 heteroatoms. The molecule has 2 rings (SSSR count). The van der Waals surface area contributed by atoms with Gasteiger partial charge in [0, 0.05) is 24.0 Å². The molecule has 0 bridgehead atoms. The molecule has 1 saturated heterocycles. The summed E-state index contributed by atoms with van der Waals surface area (Å²) in [7, 11) is 0. The topological polar surface area (TPSA) is 46.3 Å². The number of hydrogen-bond acceptors (Lipinski definition) is 3. The number of thiophene rings is 1. The third kappa shape index (κ3) is 3.19. The Morgan fingerprint density at radius 3 is 3.00 bits per heavy atom. The highest BCUT2D eigenvalue weighted by Gasteiger charge is 2.23. The summed E-state index contributed by atoms with van der Waals surface area (Å²) in [5, 5.41) is 2.00. The van der Waals surface area contributed by atoms with Crippen LogP contribution in [0.5, 0.6) is 0 Å². The first-order chi connectivity index (χ1) is 6.75. The Morgan fingerprint density at radius 2 is 2.47 bits per heavy atom. The first kappa shape index (κ1) is 12.5. The van der Waals surface area contributed by atoms with Crippen LogP contribution in [0.4, 0.5) is 0 Å². The van der Waals surface area contributed by atoms with Gasteiger partial charge in [-0.3, -0.25) is 4.79 Å². The lowest BCUT2D eigenvalue weighted by molar-refractivity contribution is -0.129. The summed E-state index contributed by atoms with van der Waals surface area (Å²) in [5.74, 6) is 0.209. The Labute approximate surface area is 99.7 Å². The van der Waals surface area contributed by atoms with Gasteiger partial charge in [0.25, 0.3) is 0 Å². The zero-order valence-electron chi connectivity index (χ0n) is 8.39. The van der Waals surface area contributed by atoms with Gasteiger partial charge in [0.15, 0.2) is 0 Å². The minimum Gasteiger partial charge on any atom is -0.341 e. The summed E-state index contributed by atoms with van der Waals surface area (Å²) in [6.07, 6.45) is 1.47. The molecule has 1 atom stereocenters. The van der Waals surface area contributed by atoms with Crippen LogP contribution in [0.1, 0.15) is 11.3 Å². The zero-order chi connectivity index (χ0) is 9.97. The monoisotopic (exact) mass is 246 g/mol. The molecule has 1 fully saturated rings. The molecule has 3 nitrogen and oxygen atoms in total. The van der Waals surface area contributed by atoms with Gasteiger partial charge in [-0.05, 0) is 17.9 Å². The molecule has 2 heterocycles. The second kappa shape index (κ2) is 5.49. The van der Waals surface area contributed by atoms with Gasteiger partial charge in [0.05, 0.1) is 6.42 Å². The van der Waals surface area contributed by atoms with Crippen molar-refractivity contribution in [2.24, 2.45) is 5.73 Å². The van der Waals surface area contributed by atoms with Crippen LogP contribution < -0.4 is 5.73 Å². The largest absolute Gasteiger partial charge is 0.341 e. The fourth-order valence-electron chi connectivity index (χ4n) is 1.69. The second-order valence-electron chi connectivity index (χ2n) is 3.64. The van der Waals surface area contributed by atoms with Crippen molar-refractivity contribution in [1.82, 2.24) is 4.90 Å². The summed E-state index contributed by atoms with van der Waals surface area (Å²) in [6, 6.07) is 4.16. The van der Waals surface area contributed by atoms with Crippen molar-refractivity contribution >= 4 is 29.7 Å². The lowest BCUT2D eigenvalue weighted by Crippen LogP contribution is -2.32. The van der Waals surface area contributed by atoms with E-state index in [0.717, 1.165) is 24.4 Å². The fraction of sp³-hybridized carbons (Fsp3) is 0.500. The van der Waals surface area contributed by atoms with E-state index in [-0.39, 0.29) is 24.4 Å². The Balaban J connectivity index is 0.00000112. The van der Waals surface area contributed by atoms with Crippen LogP contribution in [0.2, 0.25) is 0 Å². The molecule has 0 saturated carbocycles. The number of halogens is 1. The Hall–Kier alpha value is -0.580. The highest BCUT2D eigenvalue weighted by Crippen LogP contribution is 2.13. The van der Waals surface area contributed by atoms with Crippen LogP contribution in [0, 0.1) is 0 Å². The van der Waals surface area contributed by atoms with Gasteiger partial charge in [0.2, 0.25) is 5.91 Å². The standard InChI is InChI=1S/C10H14N2OS.ClH/c11-8-3-4-12(7-8)10(13)6-9-2-1-5-14-9;/h1-2,5,8H,3-4,6-7,11H2;1H/t8-;/m1./s1. The van der Waals surface area contributed by atoms with E-state index < -0.39 is 0 Å². The van der Waals surface area contributed by atoms with Crippen LogP contribution in [0.3, 0.4) is 0 Å². The molecule has 1 aliphatic rings. The van der Waals surface area contributed by atoms with Crippen molar-refractivity contribution in [3.05, 3.63) is 22.4 Å². The average Bonchev–Trinajstić information content (AvgIpc) is 2.75. The van der Waals surface area contributed by atoms with Crippen molar-refractivity contribution in [3.63, 3.8) is 0 Å². The lowest BCUT2D eigenvalue weighted by Gasteiger charge is -2.14. The maximum absolute atomic E-state index is 11.7. The van der Waals surface area contributed by atoms with Crippen molar-refractivity contribution in [3.8, 4) is 0 Å². The molecule has 0 radical (unpaired) electrons. The predicted octanol–water partition coefficient (Wildman–Crippen LogP) is 1.27. The van der Waals surface area contributed by atoms with Crippen LogP contribution in [0.15, 0.2) is 17.5 Å². The van der Waals surface area contributed by atoms with Crippen molar-refractivity contribution in [1.29, 1.82) is 0 Å². The molecular formula is C10H15ClN2OS. The molecule has 0 unspecified atom stereocenters. The SMILES string of the molecule is Cl.N[C@@H]1CCN(C(=O)Cc2cccs2)C1. The molecule has 0 aliphatic carbocycles. The molecular weight excluding hydrogens is 232 g/mol. The third-order valence-electron chi connectivity index (χ3n) is 2.48. The van der Waals surface area contributed by atoms with Crippen molar-refractivity contribution in [2.75, 3.05) is 13.1 Å². The summed E-state index contributed by atoms with van der Waals surface area (Å²) in [6.45, 7) is 1.55. The zero-order valence-corrected chi connectivity index (χ0v) is 10.0. The van der Waals surface area contributed by atoms with E-state index in [4.69, 9.17) is 5.73 Å². The first-order valence-electron chi connectivity index (χ1n) is 4.81. The number of nitrogens with zero attached hydrogens (tertiary/aromatic N) is 1. The maximum Gasteiger partial charge on any atom is 0.227 e. The number of carbonyl (C=O) groups is 1. The van der Waals surface area contributed by atoms with Crippen LogP contribution in [0.25, 0.3) is 0 Å². The van der Waals surface area contributed by atoms with Gasteiger partial charge in [0.1, 0.15) is 0 Å². The minimum absolute atomic E-state index is 0. The molecule has 2 N–H and O–H groups in total. The maximum atomic E-state index is 11.7. The quantitative estimate of drug-likeness (QED) is 0.855. The number of hydrogen-bond donors (Lipinski definition) is 1. The van der Waals surface area contributed by atoms with Gasteiger partial charge in [-0.1, -0.05) is 6.07 Å². The molecule has 1 aromatic heterocycles. The van der Waals surface area contributed by atoms with E-state index in [2.05, 4.69) is 0 Å². The van der Waals surface area contributed by atoms with Crippen molar-refractivity contribution in [2.45, 2.75) is 18.9 Å². The van der Waals surface area contributed by atoms with Crippen LogP contribution >= 0.6 is 23.7 Å². The van der Waals surface area contributed by atoms with Gasteiger partial charge < -0.3 is 10.6 Å². The summed E-state index contributed by atoms with van der Waals surface area (Å²) >= 11 is 1.63. The average molecular weight is 247 g/mol. The third-order valence-corrected chi connectivity index (χ3v) is 3.36. The normalized spacial score (nSPS) is 20.1. The van der Waals surface area contributed by atoms with Gasteiger partial charge in [-0.15, -0.1) is 23.7 Å². The number of carbonyl (C=O) groups excluding carboxylic acids is 1. The smallest absolute Gasteiger partial charge is 0.227 e. The Morgan fingerprint density at radius 1 is 1.67 bits per heavy atom. The molecule has 1 aromatic rings. The predicted molar refractivity (Wildman–Crippen MR) is 64.4 cm³/mol. The minimum atomic E-state index is 0. The number of amides is 1. The number of rotatable bonds is 2. The summed E-state index contributed by atoms with van der Waals surface area (Å²) in [4.78, 5) is 14.7. The fourth-order valence-corrected chi connectivity index (χ4v) is 2.38. The van der Waals surface area contributed by atoms with Gasteiger partial charge in [-0.25, -0.2) is 0 Å². The van der Waals surface area contributed by atoms with E-state index in [1.807, 2.05) is 22.4 Å². The molecule has 0 spiro atoms. The summed E-state index contributed by atoms with van der Waals surface area (Å²) < 4.78 is 0. The molecule has 1 aliphatic heterocycles. The van der Waals surface area contributed by atoms with Crippen LogP contribution in [-0.2, 0) is 11.2 Å². The number of likely N-dealkylation sites (tertiary alicyclic amines) is 1. The van der Waals surface area contributed by atoms with E-state index in [1.165, 1.54) is 0 Å². The van der Waals surface area contributed by atoms with Crippen molar-refractivity contribution < 1.29 is 4.79 Å². The highest BCUT2D eigenvalue weighted by atomic mass is 35.5. The van der Waals surface area contributed by atoms with E-state index in [9.17, 15) is 4.79 Å². The van der Waals surface area contributed by atoms with Gasteiger partial charge >= 0.3 is 0 Å². The molecule has 15 heavy (non-hydrogen) atoms. The highest BCUT2D eigenvalue weighted by molar-refractivity contribution is 7.10. The molecule has 84 valence electrons. The first-order valence-corrected chi connectivity index (χ1v) is 5.69. The van der Waals surface area contributed by atoms with E-state index in [1.54, 1.807) is 11.3 Å². The van der Waals surface area contributed by atoms with E-state index >= 15 is 0 Å². The number of nitrogens with two attached hydrogens (primary N) is 1. The summed E-state index contributed by atoms with van der Waals surface area (Å²) in [5.41, 5.74) is 5.75. The van der Waals surface area contributed by atoms with E-state index in [0.29, 0.717) is 6.42 Å².